The summed E-state index contributed by atoms with van der Waals surface area (Å²) < 4.78 is 43.8. The Balaban J connectivity index is 1.67. The van der Waals surface area contributed by atoms with Crippen molar-refractivity contribution in [3.8, 4) is 0 Å². The van der Waals surface area contributed by atoms with E-state index in [1.165, 1.54) is 24.2 Å². The number of carbonyl (C=O) groups is 4. The number of aliphatic carboxylic acids is 1. The Morgan fingerprint density at radius 3 is 2.15 bits per heavy atom. The van der Waals surface area contributed by atoms with Gasteiger partial charge in [0.05, 0.1) is 51.9 Å². The molecule has 4 rings (SSSR count). The molecule has 2 aromatic heterocycles. The number of halogens is 5. The molecule has 39 heavy (non-hydrogen) atoms. The van der Waals surface area contributed by atoms with E-state index in [1.54, 1.807) is 0 Å². The summed E-state index contributed by atoms with van der Waals surface area (Å²) in [5, 5.41) is 12.9. The zero-order valence-corrected chi connectivity index (χ0v) is 22.1. The number of aromatic nitrogens is 3. The highest BCUT2D eigenvalue weighted by Gasteiger charge is 2.45. The van der Waals surface area contributed by atoms with Crippen LogP contribution < -0.4 is 0 Å². The number of hydrogen-bond acceptors (Lipinski definition) is 6. The first-order valence-electron chi connectivity index (χ1n) is 12.1. The van der Waals surface area contributed by atoms with Gasteiger partial charge in [-0.1, -0.05) is 23.2 Å². The van der Waals surface area contributed by atoms with Gasteiger partial charge in [0.25, 0.3) is 5.91 Å². The van der Waals surface area contributed by atoms with Gasteiger partial charge in [-0.15, -0.1) is 0 Å². The molecule has 1 aliphatic carbocycles. The first-order chi connectivity index (χ1) is 18.3. The Morgan fingerprint density at radius 1 is 1.05 bits per heavy atom. The predicted molar refractivity (Wildman–Crippen MR) is 132 cm³/mol. The van der Waals surface area contributed by atoms with E-state index < -0.39 is 59.6 Å². The summed E-state index contributed by atoms with van der Waals surface area (Å²) in [6.45, 7) is 0.724. The second-order valence-corrected chi connectivity index (χ2v) is 10.4. The third-order valence-electron chi connectivity index (χ3n) is 7.14. The monoisotopic (exact) mass is 589 g/mol. The predicted octanol–water partition coefficient (Wildman–Crippen LogP) is 3.98. The van der Waals surface area contributed by atoms with Crippen molar-refractivity contribution in [1.82, 2.24) is 24.6 Å². The van der Waals surface area contributed by atoms with Crippen LogP contribution in [0.25, 0.3) is 0 Å². The molecular weight excluding hydrogens is 566 g/mol. The van der Waals surface area contributed by atoms with Crippen molar-refractivity contribution < 1.29 is 37.5 Å². The summed E-state index contributed by atoms with van der Waals surface area (Å²) in [7, 11) is 0. The highest BCUT2D eigenvalue weighted by Crippen LogP contribution is 2.39. The number of pyridine rings is 1. The van der Waals surface area contributed by atoms with E-state index in [4.69, 9.17) is 23.2 Å². The lowest BCUT2D eigenvalue weighted by Gasteiger charge is -2.44. The van der Waals surface area contributed by atoms with Crippen LogP contribution in [0.2, 0.25) is 10.0 Å². The van der Waals surface area contributed by atoms with Crippen LogP contribution in [-0.2, 0) is 15.8 Å². The van der Waals surface area contributed by atoms with Crippen molar-refractivity contribution in [1.29, 1.82) is 0 Å². The number of rotatable bonds is 7. The van der Waals surface area contributed by atoms with Gasteiger partial charge in [0, 0.05) is 32.4 Å². The van der Waals surface area contributed by atoms with Crippen LogP contribution >= 0.6 is 23.2 Å². The minimum Gasteiger partial charge on any atom is -0.481 e. The van der Waals surface area contributed by atoms with Crippen molar-refractivity contribution in [3.05, 3.63) is 45.5 Å². The van der Waals surface area contributed by atoms with Gasteiger partial charge in [-0.05, 0) is 25.7 Å². The lowest BCUT2D eigenvalue weighted by atomic mass is 9.86. The number of carboxylic acids is 1. The van der Waals surface area contributed by atoms with Gasteiger partial charge >= 0.3 is 12.1 Å². The van der Waals surface area contributed by atoms with Crippen LogP contribution in [-0.4, -0.2) is 78.9 Å². The summed E-state index contributed by atoms with van der Waals surface area (Å²) >= 11 is 12.2. The Labute approximate surface area is 230 Å². The average molecular weight is 590 g/mol. The van der Waals surface area contributed by atoms with E-state index in [2.05, 4.69) is 10.1 Å². The lowest BCUT2D eigenvalue weighted by Crippen LogP contribution is -2.62. The van der Waals surface area contributed by atoms with E-state index >= 15 is 0 Å². The lowest BCUT2D eigenvalue weighted by molar-refractivity contribution is -0.147. The van der Waals surface area contributed by atoms with Gasteiger partial charge in [0.2, 0.25) is 5.91 Å². The highest BCUT2D eigenvalue weighted by molar-refractivity contribution is 6.39. The molecular formula is C24H24Cl2F3N5O5. The molecule has 0 bridgehead atoms. The van der Waals surface area contributed by atoms with Crippen LogP contribution in [0.1, 0.15) is 65.1 Å². The van der Waals surface area contributed by atoms with E-state index in [1.807, 2.05) is 0 Å². The van der Waals surface area contributed by atoms with Crippen molar-refractivity contribution in [2.75, 3.05) is 19.6 Å². The number of alkyl halides is 3. The Hall–Kier alpha value is -3.19. The van der Waals surface area contributed by atoms with E-state index in [-0.39, 0.29) is 60.3 Å². The number of hydrogen-bond donors (Lipinski definition) is 1. The van der Waals surface area contributed by atoms with E-state index in [0.29, 0.717) is 0 Å². The van der Waals surface area contributed by atoms with Gasteiger partial charge in [-0.3, -0.25) is 28.8 Å². The second-order valence-electron chi connectivity index (χ2n) is 9.61. The zero-order valence-electron chi connectivity index (χ0n) is 20.6. The molecule has 0 radical (unpaired) electrons. The molecule has 2 aliphatic rings. The fraction of sp³-hybridized carbons (Fsp3) is 0.500. The number of carboxylic acid groups (broad SMARTS) is 1. The maximum Gasteiger partial charge on any atom is 0.433 e. The topological polar surface area (TPSA) is 126 Å². The number of ketones is 1. The van der Waals surface area contributed by atoms with Crippen molar-refractivity contribution in [2.24, 2.45) is 5.92 Å². The summed E-state index contributed by atoms with van der Waals surface area (Å²) in [6, 6.07) is -1.49. The molecule has 0 unspecified atom stereocenters. The molecule has 210 valence electrons. The Morgan fingerprint density at radius 2 is 1.64 bits per heavy atom. The molecule has 2 amide bonds. The number of Topliss-reactive ketones (excluding diaryl/α,β-unsaturated/α-hetero) is 1. The number of likely N-dealkylation sites (tertiary alicyclic amines) is 1. The molecule has 1 N–H and O–H groups in total. The van der Waals surface area contributed by atoms with E-state index in [0.717, 1.165) is 15.8 Å². The normalized spacial score (nSPS) is 19.9. The molecule has 0 aromatic carbocycles. The molecule has 1 saturated heterocycles. The molecule has 2 aromatic rings. The highest BCUT2D eigenvalue weighted by atomic mass is 35.5. The van der Waals surface area contributed by atoms with Gasteiger partial charge < -0.3 is 14.9 Å². The first-order valence-corrected chi connectivity index (χ1v) is 12.8. The quantitative estimate of drug-likeness (QED) is 0.484. The summed E-state index contributed by atoms with van der Waals surface area (Å²) in [6.07, 6.45) is -1.14. The Kier molecular flexibility index (Phi) is 8.22. The number of amides is 2. The van der Waals surface area contributed by atoms with Crippen LogP contribution in [0, 0.1) is 5.92 Å². The van der Waals surface area contributed by atoms with Gasteiger partial charge in [-0.2, -0.15) is 18.3 Å². The minimum atomic E-state index is -4.97. The standard InChI is InChI=1S/C24H24Cl2F3N5O5/c1-12(35)32-9-15(10-32)33(11-19(36)20-17(25)7-30-8-18(20)26)22(37)16-6-31-34(21(16)24(27,28)29)14-4-2-13(3-5-14)23(38)39/h6-8,13-15H,2-5,9-11H2,1H3,(H,38,39)/t13-,14-. The van der Waals surface area contributed by atoms with Crippen molar-refractivity contribution >= 4 is 46.8 Å². The third-order valence-corrected chi connectivity index (χ3v) is 7.71. The summed E-state index contributed by atoms with van der Waals surface area (Å²) in [4.78, 5) is 55.9. The van der Waals surface area contributed by atoms with Gasteiger partial charge in [0.1, 0.15) is 0 Å². The maximum atomic E-state index is 14.3. The molecule has 1 saturated carbocycles. The Bertz CT molecular complexity index is 1280. The van der Waals surface area contributed by atoms with Crippen molar-refractivity contribution in [3.63, 3.8) is 0 Å². The largest absolute Gasteiger partial charge is 0.481 e. The van der Waals surface area contributed by atoms with Gasteiger partial charge in [-0.25, -0.2) is 0 Å². The smallest absolute Gasteiger partial charge is 0.433 e. The molecule has 3 heterocycles. The SMILES string of the molecule is CC(=O)N1CC(N(CC(=O)c2c(Cl)cncc2Cl)C(=O)c2cnn([C@H]3CC[C@H](C(=O)O)CC3)c2C(F)(F)F)C1. The van der Waals surface area contributed by atoms with Crippen molar-refractivity contribution in [2.45, 2.75) is 50.9 Å². The fourth-order valence-electron chi connectivity index (χ4n) is 4.99. The second kappa shape index (κ2) is 11.1. The zero-order chi connectivity index (χ0) is 28.6. The van der Waals surface area contributed by atoms with E-state index in [9.17, 15) is 37.5 Å². The molecule has 0 atom stereocenters. The third kappa shape index (κ3) is 5.88. The van der Waals surface area contributed by atoms with Crippen LogP contribution in [0.5, 0.6) is 0 Å². The summed E-state index contributed by atoms with van der Waals surface area (Å²) in [5.74, 6) is -3.74. The van der Waals surface area contributed by atoms with Crippen LogP contribution in [0.4, 0.5) is 13.2 Å². The number of nitrogens with zero attached hydrogens (tertiary/aromatic N) is 5. The molecule has 2 fully saturated rings. The molecule has 1 aliphatic heterocycles. The fourth-order valence-corrected chi connectivity index (χ4v) is 5.56. The molecule has 10 nitrogen and oxygen atoms in total. The first kappa shape index (κ1) is 28.8. The molecule has 0 spiro atoms. The van der Waals surface area contributed by atoms with Gasteiger partial charge in [0.15, 0.2) is 11.5 Å². The number of carbonyl (C=O) groups excluding carboxylic acids is 3. The van der Waals surface area contributed by atoms with Crippen LogP contribution in [0.15, 0.2) is 18.6 Å². The minimum absolute atomic E-state index is 0.0286. The average Bonchev–Trinajstić information content (AvgIpc) is 3.28. The van der Waals surface area contributed by atoms with Crippen LogP contribution in [0.3, 0.4) is 0 Å². The molecule has 15 heteroatoms. The maximum absolute atomic E-state index is 14.3. The summed E-state index contributed by atoms with van der Waals surface area (Å²) in [5.41, 5.74) is -2.15.